The molecule has 19 heavy (non-hydrogen) atoms. The normalized spacial score (nSPS) is 10.4. The van der Waals surface area contributed by atoms with Crippen LogP contribution < -0.4 is 5.73 Å². The first-order valence-corrected chi connectivity index (χ1v) is 6.45. The van der Waals surface area contributed by atoms with Crippen molar-refractivity contribution in [3.8, 4) is 0 Å². The zero-order chi connectivity index (χ0) is 13.8. The van der Waals surface area contributed by atoms with E-state index in [0.717, 1.165) is 10.1 Å². The summed E-state index contributed by atoms with van der Waals surface area (Å²) in [5.74, 6) is -0.847. The molecule has 0 fully saturated rings. The van der Waals surface area contributed by atoms with Gasteiger partial charge < -0.3 is 15.2 Å². The minimum absolute atomic E-state index is 0.0158. The average Bonchev–Trinajstić information content (AvgIpc) is 2.81. The highest BCUT2D eigenvalue weighted by Crippen LogP contribution is 2.27. The van der Waals surface area contributed by atoms with Crippen molar-refractivity contribution in [2.24, 2.45) is 0 Å². The van der Waals surface area contributed by atoms with Crippen molar-refractivity contribution < 1.29 is 19.1 Å². The van der Waals surface area contributed by atoms with Gasteiger partial charge in [-0.15, -0.1) is 11.3 Å². The van der Waals surface area contributed by atoms with Gasteiger partial charge in [0, 0.05) is 10.4 Å². The van der Waals surface area contributed by atoms with Gasteiger partial charge in [-0.05, 0) is 29.7 Å². The van der Waals surface area contributed by atoms with Gasteiger partial charge in [-0.3, -0.25) is 4.79 Å². The second-order valence-electron chi connectivity index (χ2n) is 3.87. The molecule has 1 heterocycles. The van der Waals surface area contributed by atoms with Crippen LogP contribution in [0.1, 0.15) is 16.1 Å². The summed E-state index contributed by atoms with van der Waals surface area (Å²) < 4.78 is 10.4. The highest BCUT2D eigenvalue weighted by Gasteiger charge is 2.12. The fourth-order valence-electron chi connectivity index (χ4n) is 1.56. The summed E-state index contributed by atoms with van der Waals surface area (Å²) in [5, 5.41) is 0.907. The second-order valence-corrected chi connectivity index (χ2v) is 4.95. The first-order chi connectivity index (χ1) is 9.10. The van der Waals surface area contributed by atoms with Gasteiger partial charge in [-0.25, -0.2) is 4.79 Å². The van der Waals surface area contributed by atoms with Gasteiger partial charge >= 0.3 is 11.9 Å². The van der Waals surface area contributed by atoms with Crippen LogP contribution >= 0.6 is 11.3 Å². The summed E-state index contributed by atoms with van der Waals surface area (Å²) in [4.78, 5) is 23.1. The van der Waals surface area contributed by atoms with Gasteiger partial charge in [0.05, 0.1) is 13.5 Å². The fraction of sp³-hybridized carbons (Fsp3) is 0.231. The Morgan fingerprint density at radius 3 is 2.84 bits per heavy atom. The van der Waals surface area contributed by atoms with Gasteiger partial charge in [-0.2, -0.15) is 0 Å². The molecule has 100 valence electrons. The van der Waals surface area contributed by atoms with Gasteiger partial charge in [0.15, 0.2) is 0 Å². The van der Waals surface area contributed by atoms with Crippen LogP contribution in [0.25, 0.3) is 10.1 Å². The van der Waals surface area contributed by atoms with Crippen molar-refractivity contribution in [3.05, 3.63) is 29.1 Å². The van der Waals surface area contributed by atoms with Crippen LogP contribution in [0, 0.1) is 0 Å². The Hall–Kier alpha value is -2.08. The SMILES string of the molecule is COC(=O)CCOC(=O)c1cc2cc(N)ccc2s1. The maximum absolute atomic E-state index is 11.8. The van der Waals surface area contributed by atoms with Crippen molar-refractivity contribution in [2.75, 3.05) is 19.5 Å². The van der Waals surface area contributed by atoms with Crippen LogP contribution in [0.3, 0.4) is 0 Å². The molecule has 0 aliphatic rings. The van der Waals surface area contributed by atoms with E-state index in [1.165, 1.54) is 18.4 Å². The first kappa shape index (κ1) is 13.4. The maximum Gasteiger partial charge on any atom is 0.348 e. The lowest BCUT2D eigenvalue weighted by Crippen LogP contribution is -2.09. The number of methoxy groups -OCH3 is 1. The zero-order valence-electron chi connectivity index (χ0n) is 10.3. The van der Waals surface area contributed by atoms with Crippen molar-refractivity contribution >= 4 is 39.0 Å². The largest absolute Gasteiger partial charge is 0.469 e. The van der Waals surface area contributed by atoms with Crippen molar-refractivity contribution in [2.45, 2.75) is 6.42 Å². The lowest BCUT2D eigenvalue weighted by atomic mass is 10.2. The number of thiophene rings is 1. The molecule has 0 radical (unpaired) electrons. The van der Waals surface area contributed by atoms with E-state index in [1.807, 2.05) is 6.07 Å². The molecule has 1 aromatic heterocycles. The van der Waals surface area contributed by atoms with E-state index in [-0.39, 0.29) is 13.0 Å². The molecule has 0 unspecified atom stereocenters. The van der Waals surface area contributed by atoms with Gasteiger partial charge in [0.2, 0.25) is 0 Å². The molecular formula is C13H13NO4S. The third-order valence-corrected chi connectivity index (χ3v) is 3.60. The molecule has 0 saturated heterocycles. The lowest BCUT2D eigenvalue weighted by Gasteiger charge is -2.01. The quantitative estimate of drug-likeness (QED) is 0.685. The summed E-state index contributed by atoms with van der Waals surface area (Å²) in [5.41, 5.74) is 6.32. The van der Waals surface area contributed by atoms with Crippen LogP contribution in [0.2, 0.25) is 0 Å². The molecule has 1 aromatic carbocycles. The number of benzene rings is 1. The third-order valence-electron chi connectivity index (χ3n) is 2.51. The van der Waals surface area contributed by atoms with Crippen LogP contribution in [0.4, 0.5) is 5.69 Å². The van der Waals surface area contributed by atoms with Crippen LogP contribution in [0.5, 0.6) is 0 Å². The molecule has 0 bridgehead atoms. The Labute approximate surface area is 113 Å². The predicted octanol–water partition coefficient (Wildman–Crippen LogP) is 2.20. The highest BCUT2D eigenvalue weighted by atomic mass is 32.1. The zero-order valence-corrected chi connectivity index (χ0v) is 11.2. The van der Waals surface area contributed by atoms with E-state index in [2.05, 4.69) is 4.74 Å². The number of fused-ring (bicyclic) bond motifs is 1. The number of nitrogens with two attached hydrogens (primary N) is 1. The number of rotatable bonds is 4. The Bertz CT molecular complexity index is 620. The monoisotopic (exact) mass is 279 g/mol. The summed E-state index contributed by atoms with van der Waals surface area (Å²) in [6, 6.07) is 7.18. The lowest BCUT2D eigenvalue weighted by molar-refractivity contribution is -0.141. The van der Waals surface area contributed by atoms with E-state index < -0.39 is 11.9 Å². The first-order valence-electron chi connectivity index (χ1n) is 5.63. The Balaban J connectivity index is 2.03. The van der Waals surface area contributed by atoms with E-state index in [0.29, 0.717) is 10.6 Å². The van der Waals surface area contributed by atoms with Crippen molar-refractivity contribution in [3.63, 3.8) is 0 Å². The minimum Gasteiger partial charge on any atom is -0.469 e. The summed E-state index contributed by atoms with van der Waals surface area (Å²) in [7, 11) is 1.29. The molecule has 0 aliphatic heterocycles. The number of nitrogen functional groups attached to an aromatic ring is 1. The summed E-state index contributed by atoms with van der Waals surface area (Å²) >= 11 is 1.33. The van der Waals surface area contributed by atoms with Crippen molar-refractivity contribution in [1.29, 1.82) is 0 Å². The highest BCUT2D eigenvalue weighted by molar-refractivity contribution is 7.20. The molecule has 0 amide bonds. The number of carbonyl (C=O) groups is 2. The number of ether oxygens (including phenoxy) is 2. The smallest absolute Gasteiger partial charge is 0.348 e. The number of hydrogen-bond donors (Lipinski definition) is 1. The molecule has 0 atom stereocenters. The summed E-state index contributed by atoms with van der Waals surface area (Å²) in [6.45, 7) is 0.0158. The van der Waals surface area contributed by atoms with Gasteiger partial charge in [-0.1, -0.05) is 0 Å². The summed E-state index contributed by atoms with van der Waals surface area (Å²) in [6.07, 6.45) is 0.0556. The van der Waals surface area contributed by atoms with Gasteiger partial charge in [0.1, 0.15) is 11.5 Å². The molecule has 0 saturated carbocycles. The number of hydrogen-bond acceptors (Lipinski definition) is 6. The maximum atomic E-state index is 11.8. The standard InChI is InChI=1S/C13H13NO4S/c1-17-12(15)4-5-18-13(16)11-7-8-6-9(14)2-3-10(8)19-11/h2-3,6-7H,4-5,14H2,1H3. The Kier molecular flexibility index (Phi) is 4.01. The van der Waals surface area contributed by atoms with E-state index in [1.54, 1.807) is 18.2 Å². The topological polar surface area (TPSA) is 78.6 Å². The molecule has 5 nitrogen and oxygen atoms in total. The molecule has 2 aromatic rings. The van der Waals surface area contributed by atoms with Crippen LogP contribution in [0.15, 0.2) is 24.3 Å². The van der Waals surface area contributed by atoms with E-state index in [4.69, 9.17) is 10.5 Å². The van der Waals surface area contributed by atoms with Gasteiger partial charge in [0.25, 0.3) is 0 Å². The predicted molar refractivity (Wildman–Crippen MR) is 73.2 cm³/mol. The number of esters is 2. The Morgan fingerprint density at radius 2 is 2.11 bits per heavy atom. The average molecular weight is 279 g/mol. The van der Waals surface area contributed by atoms with E-state index >= 15 is 0 Å². The van der Waals surface area contributed by atoms with Crippen LogP contribution in [-0.2, 0) is 14.3 Å². The second kappa shape index (κ2) is 5.71. The minimum atomic E-state index is -0.441. The number of carbonyl (C=O) groups excluding carboxylic acids is 2. The number of anilines is 1. The molecule has 0 aliphatic carbocycles. The molecule has 2 N–H and O–H groups in total. The molecule has 6 heteroatoms. The molecule has 2 rings (SSSR count). The van der Waals surface area contributed by atoms with Crippen molar-refractivity contribution in [1.82, 2.24) is 0 Å². The fourth-order valence-corrected chi connectivity index (χ4v) is 2.50. The van der Waals surface area contributed by atoms with E-state index in [9.17, 15) is 9.59 Å². The molecular weight excluding hydrogens is 266 g/mol. The Morgan fingerprint density at radius 1 is 1.32 bits per heavy atom. The molecule has 0 spiro atoms. The van der Waals surface area contributed by atoms with Crippen LogP contribution in [-0.4, -0.2) is 25.7 Å². The third kappa shape index (κ3) is 3.23.